The highest BCUT2D eigenvalue weighted by Gasteiger charge is 2.21. The fourth-order valence-corrected chi connectivity index (χ4v) is 2.09. The van der Waals surface area contributed by atoms with Crippen LogP contribution in [-0.4, -0.2) is 23.3 Å². The average Bonchev–Trinajstić information content (AvgIpc) is 2.58. The third-order valence-electron chi connectivity index (χ3n) is 2.65. The molecule has 1 aliphatic rings. The van der Waals surface area contributed by atoms with Gasteiger partial charge in [-0.15, -0.1) is 0 Å². The van der Waals surface area contributed by atoms with Crippen LogP contribution < -0.4 is 0 Å². The first-order valence-electron chi connectivity index (χ1n) is 5.45. The molecule has 0 aliphatic carbocycles. The minimum atomic E-state index is 0.345. The van der Waals surface area contributed by atoms with E-state index in [-0.39, 0.29) is 0 Å². The Balaban J connectivity index is 2.05. The topological polar surface area (TPSA) is 26.3 Å². The Morgan fingerprint density at radius 2 is 2.21 bits per heavy atom. The molecule has 1 rings (SSSR count). The number of Topliss-reactive ketones (excluding diaryl/α,β-unsaturated/α-hetero) is 1. The third kappa shape index (κ3) is 4.56. The highest BCUT2D eigenvalue weighted by molar-refractivity contribution is 9.09. The van der Waals surface area contributed by atoms with Gasteiger partial charge in [-0.1, -0.05) is 15.9 Å². The molecular weight excluding hydrogens is 244 g/mol. The third-order valence-corrected chi connectivity index (χ3v) is 3.22. The Morgan fingerprint density at radius 3 is 2.79 bits per heavy atom. The molecule has 0 radical (unpaired) electrons. The summed E-state index contributed by atoms with van der Waals surface area (Å²) in [6.07, 6.45) is 6.33. The van der Waals surface area contributed by atoms with Crippen molar-refractivity contribution in [2.75, 3.05) is 5.33 Å². The van der Waals surface area contributed by atoms with Gasteiger partial charge in [0.25, 0.3) is 0 Å². The monoisotopic (exact) mass is 262 g/mol. The van der Waals surface area contributed by atoms with E-state index in [4.69, 9.17) is 4.74 Å². The van der Waals surface area contributed by atoms with Gasteiger partial charge in [0.05, 0.1) is 12.2 Å². The molecule has 1 saturated heterocycles. The summed E-state index contributed by atoms with van der Waals surface area (Å²) in [6.45, 7) is 2.10. The van der Waals surface area contributed by atoms with Gasteiger partial charge in [0, 0.05) is 18.2 Å². The second kappa shape index (κ2) is 6.57. The molecule has 0 N–H and O–H groups in total. The van der Waals surface area contributed by atoms with E-state index < -0.39 is 0 Å². The van der Waals surface area contributed by atoms with Crippen molar-refractivity contribution in [2.45, 2.75) is 57.7 Å². The van der Waals surface area contributed by atoms with Gasteiger partial charge < -0.3 is 4.74 Å². The lowest BCUT2D eigenvalue weighted by Crippen LogP contribution is -2.10. The van der Waals surface area contributed by atoms with Crippen molar-refractivity contribution in [1.29, 1.82) is 0 Å². The molecule has 2 unspecified atom stereocenters. The van der Waals surface area contributed by atoms with E-state index in [0.29, 0.717) is 30.8 Å². The lowest BCUT2D eigenvalue weighted by Gasteiger charge is -2.09. The molecule has 82 valence electrons. The van der Waals surface area contributed by atoms with E-state index in [1.54, 1.807) is 0 Å². The minimum Gasteiger partial charge on any atom is -0.375 e. The van der Waals surface area contributed by atoms with Crippen LogP contribution >= 0.6 is 15.9 Å². The molecule has 1 heterocycles. The van der Waals surface area contributed by atoms with E-state index in [1.165, 1.54) is 0 Å². The number of carbonyl (C=O) groups is 1. The first-order valence-corrected chi connectivity index (χ1v) is 6.57. The van der Waals surface area contributed by atoms with Crippen LogP contribution in [0.2, 0.25) is 0 Å². The van der Waals surface area contributed by atoms with Gasteiger partial charge in [0.1, 0.15) is 5.78 Å². The molecular formula is C11H19BrO2. The maximum Gasteiger partial charge on any atom is 0.133 e. The molecule has 2 atom stereocenters. The van der Waals surface area contributed by atoms with Gasteiger partial charge in [0.2, 0.25) is 0 Å². The summed E-state index contributed by atoms with van der Waals surface area (Å²) in [7, 11) is 0. The highest BCUT2D eigenvalue weighted by Crippen LogP contribution is 2.22. The standard InChI is InChI=1S/C11H19BrO2/c1-9-4-6-11(14-9)7-5-10(13)3-2-8-12/h9,11H,2-8H2,1H3. The number of ether oxygens (including phenoxy) is 1. The quantitative estimate of drug-likeness (QED) is 0.688. The zero-order valence-electron chi connectivity index (χ0n) is 8.80. The maximum absolute atomic E-state index is 11.4. The summed E-state index contributed by atoms with van der Waals surface area (Å²) < 4.78 is 5.65. The number of hydrogen-bond acceptors (Lipinski definition) is 2. The lowest BCUT2D eigenvalue weighted by atomic mass is 10.1. The SMILES string of the molecule is CC1CCC(CCC(=O)CCCBr)O1. The lowest BCUT2D eigenvalue weighted by molar-refractivity contribution is -0.119. The van der Waals surface area contributed by atoms with Crippen molar-refractivity contribution in [3.05, 3.63) is 0 Å². The van der Waals surface area contributed by atoms with E-state index in [2.05, 4.69) is 22.9 Å². The summed E-state index contributed by atoms with van der Waals surface area (Å²) in [6, 6.07) is 0. The van der Waals surface area contributed by atoms with Crippen LogP contribution in [0.1, 0.15) is 45.4 Å². The molecule has 1 aliphatic heterocycles. The van der Waals surface area contributed by atoms with Gasteiger partial charge in [-0.05, 0) is 32.6 Å². The zero-order valence-corrected chi connectivity index (χ0v) is 10.4. The zero-order chi connectivity index (χ0) is 10.4. The fourth-order valence-electron chi connectivity index (χ4n) is 1.81. The van der Waals surface area contributed by atoms with Crippen LogP contribution in [0.25, 0.3) is 0 Å². The predicted octanol–water partition coefficient (Wildman–Crippen LogP) is 3.08. The van der Waals surface area contributed by atoms with Crippen molar-refractivity contribution < 1.29 is 9.53 Å². The molecule has 0 bridgehead atoms. The molecule has 3 heteroatoms. The Hall–Kier alpha value is 0.110. The second-order valence-corrected chi connectivity index (χ2v) is 4.81. The number of halogens is 1. The number of alkyl halides is 1. The first-order chi connectivity index (χ1) is 6.72. The Kier molecular flexibility index (Phi) is 5.71. The molecule has 0 spiro atoms. The molecule has 14 heavy (non-hydrogen) atoms. The predicted molar refractivity (Wildman–Crippen MR) is 60.8 cm³/mol. The molecule has 0 aromatic heterocycles. The minimum absolute atomic E-state index is 0.345. The molecule has 0 aromatic carbocycles. The molecule has 0 amide bonds. The van der Waals surface area contributed by atoms with Crippen LogP contribution in [0.5, 0.6) is 0 Å². The van der Waals surface area contributed by atoms with Crippen molar-refractivity contribution in [3.8, 4) is 0 Å². The molecule has 0 aromatic rings. The molecule has 2 nitrogen and oxygen atoms in total. The fraction of sp³-hybridized carbons (Fsp3) is 0.909. The van der Waals surface area contributed by atoms with Crippen molar-refractivity contribution >= 4 is 21.7 Å². The van der Waals surface area contributed by atoms with E-state index in [9.17, 15) is 4.79 Å². The van der Waals surface area contributed by atoms with Crippen LogP contribution in [0.3, 0.4) is 0 Å². The number of carbonyl (C=O) groups excluding carboxylic acids is 1. The van der Waals surface area contributed by atoms with E-state index in [1.807, 2.05) is 0 Å². The summed E-state index contributed by atoms with van der Waals surface area (Å²) in [5.41, 5.74) is 0. The number of hydrogen-bond donors (Lipinski definition) is 0. The van der Waals surface area contributed by atoms with Gasteiger partial charge in [0.15, 0.2) is 0 Å². The number of ketones is 1. The van der Waals surface area contributed by atoms with E-state index in [0.717, 1.165) is 31.0 Å². The Bertz CT molecular complexity index is 182. The maximum atomic E-state index is 11.4. The Morgan fingerprint density at radius 1 is 1.43 bits per heavy atom. The molecule has 1 fully saturated rings. The van der Waals surface area contributed by atoms with Crippen molar-refractivity contribution in [1.82, 2.24) is 0 Å². The van der Waals surface area contributed by atoms with Crippen molar-refractivity contribution in [3.63, 3.8) is 0 Å². The number of rotatable bonds is 6. The first kappa shape index (κ1) is 12.2. The van der Waals surface area contributed by atoms with Crippen molar-refractivity contribution in [2.24, 2.45) is 0 Å². The van der Waals surface area contributed by atoms with Crippen LogP contribution in [0.15, 0.2) is 0 Å². The second-order valence-electron chi connectivity index (χ2n) is 4.02. The smallest absolute Gasteiger partial charge is 0.133 e. The van der Waals surface area contributed by atoms with Gasteiger partial charge >= 0.3 is 0 Å². The Labute approximate surface area is 94.5 Å². The summed E-state index contributed by atoms with van der Waals surface area (Å²) in [5.74, 6) is 0.382. The largest absolute Gasteiger partial charge is 0.375 e. The average molecular weight is 263 g/mol. The highest BCUT2D eigenvalue weighted by atomic mass is 79.9. The van der Waals surface area contributed by atoms with Crippen LogP contribution in [0.4, 0.5) is 0 Å². The normalized spacial score (nSPS) is 26.7. The van der Waals surface area contributed by atoms with Gasteiger partial charge in [-0.3, -0.25) is 4.79 Å². The van der Waals surface area contributed by atoms with Crippen LogP contribution in [0, 0.1) is 0 Å². The summed E-state index contributed by atoms with van der Waals surface area (Å²) in [5, 5.41) is 0.926. The van der Waals surface area contributed by atoms with E-state index >= 15 is 0 Å². The summed E-state index contributed by atoms with van der Waals surface area (Å²) in [4.78, 5) is 11.4. The summed E-state index contributed by atoms with van der Waals surface area (Å²) >= 11 is 3.33. The van der Waals surface area contributed by atoms with Gasteiger partial charge in [-0.25, -0.2) is 0 Å². The van der Waals surface area contributed by atoms with Crippen LogP contribution in [-0.2, 0) is 9.53 Å². The molecule has 0 saturated carbocycles. The van der Waals surface area contributed by atoms with Gasteiger partial charge in [-0.2, -0.15) is 0 Å².